The first-order valence-electron chi connectivity index (χ1n) is 4.33. The third kappa shape index (κ3) is 3.29. The van der Waals surface area contributed by atoms with Gasteiger partial charge in [-0.15, -0.1) is 0 Å². The van der Waals surface area contributed by atoms with Crippen molar-refractivity contribution in [2.75, 3.05) is 0 Å². The summed E-state index contributed by atoms with van der Waals surface area (Å²) in [5, 5.41) is 8.60. The van der Waals surface area contributed by atoms with Crippen molar-refractivity contribution in [3.05, 3.63) is 28.7 Å². The number of halogens is 1. The number of sulfonamides is 1. The Balaban J connectivity index is 2.94. The van der Waals surface area contributed by atoms with Crippen LogP contribution in [0.15, 0.2) is 33.6 Å². The smallest absolute Gasteiger partial charge is 0.321 e. The van der Waals surface area contributed by atoms with E-state index in [0.29, 0.717) is 0 Å². The molecule has 0 radical (unpaired) electrons. The summed E-state index contributed by atoms with van der Waals surface area (Å²) in [5.41, 5.74) is 0. The van der Waals surface area contributed by atoms with Crippen molar-refractivity contribution in [2.24, 2.45) is 0 Å². The molecule has 0 aliphatic carbocycles. The van der Waals surface area contributed by atoms with Gasteiger partial charge in [-0.3, -0.25) is 4.79 Å². The predicted octanol–water partition coefficient (Wildman–Crippen LogP) is 1.20. The monoisotopic (exact) mass is 307 g/mol. The van der Waals surface area contributed by atoms with Crippen LogP contribution in [0.2, 0.25) is 0 Å². The van der Waals surface area contributed by atoms with E-state index in [0.717, 1.165) is 4.47 Å². The molecule has 0 aliphatic heterocycles. The third-order valence-corrected chi connectivity index (χ3v) is 3.91. The highest BCUT2D eigenvalue weighted by Crippen LogP contribution is 2.14. The Bertz CT molecular complexity index is 483. The Kier molecular flexibility index (Phi) is 4.06. The predicted molar refractivity (Wildman–Crippen MR) is 61.6 cm³/mol. The van der Waals surface area contributed by atoms with Crippen LogP contribution >= 0.6 is 15.9 Å². The van der Waals surface area contributed by atoms with Crippen molar-refractivity contribution in [1.29, 1.82) is 0 Å². The van der Waals surface area contributed by atoms with Crippen LogP contribution < -0.4 is 4.72 Å². The minimum atomic E-state index is -3.77. The second-order valence-corrected chi connectivity index (χ2v) is 5.76. The number of hydrogen-bond acceptors (Lipinski definition) is 3. The molecule has 0 amide bonds. The van der Waals surface area contributed by atoms with Gasteiger partial charge in [0.05, 0.1) is 4.90 Å². The van der Waals surface area contributed by atoms with E-state index in [-0.39, 0.29) is 4.90 Å². The van der Waals surface area contributed by atoms with E-state index in [9.17, 15) is 13.2 Å². The van der Waals surface area contributed by atoms with Gasteiger partial charge in [0.15, 0.2) is 0 Å². The van der Waals surface area contributed by atoms with E-state index < -0.39 is 22.0 Å². The number of hydrogen-bond donors (Lipinski definition) is 2. The fourth-order valence-electron chi connectivity index (χ4n) is 0.965. The van der Waals surface area contributed by atoms with Gasteiger partial charge in [0.25, 0.3) is 0 Å². The average molecular weight is 308 g/mol. The Morgan fingerprint density at radius 1 is 1.38 bits per heavy atom. The van der Waals surface area contributed by atoms with Gasteiger partial charge in [0.2, 0.25) is 10.0 Å². The maximum atomic E-state index is 11.7. The number of carbonyl (C=O) groups is 1. The van der Waals surface area contributed by atoms with Gasteiger partial charge in [0, 0.05) is 4.47 Å². The molecule has 0 fully saturated rings. The van der Waals surface area contributed by atoms with Crippen LogP contribution in [0, 0.1) is 0 Å². The lowest BCUT2D eigenvalue weighted by molar-refractivity contribution is -0.138. The first-order valence-corrected chi connectivity index (χ1v) is 6.61. The van der Waals surface area contributed by atoms with Crippen LogP contribution in [0.5, 0.6) is 0 Å². The summed E-state index contributed by atoms with van der Waals surface area (Å²) in [4.78, 5) is 10.6. The summed E-state index contributed by atoms with van der Waals surface area (Å²) in [6, 6.07) is 4.76. The Morgan fingerprint density at radius 2 is 1.88 bits per heavy atom. The standard InChI is InChI=1S/C9H10BrNO4S/c1-6(9(12)13)11-16(14,15)8-4-2-7(10)3-5-8/h2-6,11H,1H3,(H,12,13). The van der Waals surface area contributed by atoms with Crippen molar-refractivity contribution in [1.82, 2.24) is 4.72 Å². The maximum Gasteiger partial charge on any atom is 0.321 e. The molecule has 2 N–H and O–H groups in total. The number of aliphatic carboxylic acids is 1. The molecular formula is C9H10BrNO4S. The average Bonchev–Trinajstić information content (AvgIpc) is 2.17. The lowest BCUT2D eigenvalue weighted by Gasteiger charge is -2.09. The van der Waals surface area contributed by atoms with Gasteiger partial charge in [-0.1, -0.05) is 15.9 Å². The summed E-state index contributed by atoms with van der Waals surface area (Å²) in [6.45, 7) is 1.26. The molecule has 0 heterocycles. The van der Waals surface area contributed by atoms with Gasteiger partial charge in [-0.2, -0.15) is 4.72 Å². The van der Waals surface area contributed by atoms with Crippen LogP contribution in [-0.2, 0) is 14.8 Å². The highest BCUT2D eigenvalue weighted by molar-refractivity contribution is 9.10. The van der Waals surface area contributed by atoms with Crippen LogP contribution in [0.1, 0.15) is 6.92 Å². The molecule has 7 heteroatoms. The summed E-state index contributed by atoms with van der Waals surface area (Å²) < 4.78 is 26.1. The number of rotatable bonds is 4. The van der Waals surface area contributed by atoms with Crippen LogP contribution in [0.25, 0.3) is 0 Å². The third-order valence-electron chi connectivity index (χ3n) is 1.83. The first-order chi connectivity index (χ1) is 7.33. The molecule has 88 valence electrons. The SMILES string of the molecule is CC(NS(=O)(=O)c1ccc(Br)cc1)C(=O)O. The molecular weight excluding hydrogens is 298 g/mol. The summed E-state index contributed by atoms with van der Waals surface area (Å²) >= 11 is 3.18. The second kappa shape index (κ2) is 4.94. The van der Waals surface area contributed by atoms with Gasteiger partial charge < -0.3 is 5.11 Å². The zero-order valence-corrected chi connectivity index (χ0v) is 10.7. The van der Waals surface area contributed by atoms with Crippen LogP contribution in [0.4, 0.5) is 0 Å². The van der Waals surface area contributed by atoms with E-state index in [1.165, 1.54) is 19.1 Å². The molecule has 0 aromatic heterocycles. The lowest BCUT2D eigenvalue weighted by atomic mass is 10.4. The molecule has 0 aliphatic rings. The van der Waals surface area contributed by atoms with Gasteiger partial charge >= 0.3 is 5.97 Å². The zero-order chi connectivity index (χ0) is 12.3. The molecule has 16 heavy (non-hydrogen) atoms. The summed E-state index contributed by atoms with van der Waals surface area (Å²) in [5.74, 6) is -1.22. The topological polar surface area (TPSA) is 83.5 Å². The molecule has 5 nitrogen and oxygen atoms in total. The fraction of sp³-hybridized carbons (Fsp3) is 0.222. The van der Waals surface area contributed by atoms with E-state index in [2.05, 4.69) is 15.9 Å². The Morgan fingerprint density at radius 3 is 2.31 bits per heavy atom. The molecule has 0 bridgehead atoms. The van der Waals surface area contributed by atoms with Crippen molar-refractivity contribution in [3.8, 4) is 0 Å². The van der Waals surface area contributed by atoms with Crippen molar-refractivity contribution < 1.29 is 18.3 Å². The maximum absolute atomic E-state index is 11.7. The van der Waals surface area contributed by atoms with Gasteiger partial charge in [0.1, 0.15) is 6.04 Å². The van der Waals surface area contributed by atoms with Crippen LogP contribution in [-0.4, -0.2) is 25.5 Å². The molecule has 0 spiro atoms. The van der Waals surface area contributed by atoms with E-state index >= 15 is 0 Å². The zero-order valence-electron chi connectivity index (χ0n) is 8.34. The largest absolute Gasteiger partial charge is 0.480 e. The lowest BCUT2D eigenvalue weighted by Crippen LogP contribution is -2.38. The molecule has 1 aromatic carbocycles. The normalized spacial score (nSPS) is 13.4. The Labute approximate surface area is 102 Å². The molecule has 0 saturated heterocycles. The molecule has 1 unspecified atom stereocenters. The first kappa shape index (κ1) is 13.1. The van der Waals surface area contributed by atoms with Crippen molar-refractivity contribution in [2.45, 2.75) is 17.9 Å². The van der Waals surface area contributed by atoms with Crippen molar-refractivity contribution in [3.63, 3.8) is 0 Å². The van der Waals surface area contributed by atoms with E-state index in [1.807, 2.05) is 4.72 Å². The molecule has 1 rings (SSSR count). The fourth-order valence-corrected chi connectivity index (χ4v) is 2.43. The van der Waals surface area contributed by atoms with E-state index in [4.69, 9.17) is 5.11 Å². The Hall–Kier alpha value is -0.920. The van der Waals surface area contributed by atoms with Crippen LogP contribution in [0.3, 0.4) is 0 Å². The summed E-state index contributed by atoms with van der Waals surface area (Å²) in [7, 11) is -3.77. The summed E-state index contributed by atoms with van der Waals surface area (Å²) in [6.07, 6.45) is 0. The number of benzene rings is 1. The van der Waals surface area contributed by atoms with Gasteiger partial charge in [-0.25, -0.2) is 8.42 Å². The highest BCUT2D eigenvalue weighted by atomic mass is 79.9. The number of carboxylic acid groups (broad SMARTS) is 1. The highest BCUT2D eigenvalue weighted by Gasteiger charge is 2.20. The van der Waals surface area contributed by atoms with Crippen molar-refractivity contribution >= 4 is 31.9 Å². The molecule has 1 atom stereocenters. The molecule has 1 aromatic rings. The van der Waals surface area contributed by atoms with E-state index in [1.54, 1.807) is 12.1 Å². The minimum absolute atomic E-state index is 0.0313. The minimum Gasteiger partial charge on any atom is -0.480 e. The number of nitrogens with one attached hydrogen (secondary N) is 1. The number of carboxylic acids is 1. The quantitative estimate of drug-likeness (QED) is 0.875. The molecule has 0 saturated carbocycles. The van der Waals surface area contributed by atoms with Gasteiger partial charge in [-0.05, 0) is 31.2 Å². The second-order valence-electron chi connectivity index (χ2n) is 3.14.